The highest BCUT2D eigenvalue weighted by atomic mass is 14.2. The Morgan fingerprint density at radius 3 is 1.33 bits per heavy atom. The van der Waals surface area contributed by atoms with Gasteiger partial charge in [0.1, 0.15) is 0 Å². The van der Waals surface area contributed by atoms with E-state index in [0.29, 0.717) is 0 Å². The monoisotopic (exact) mass is 272 g/mol. The molecule has 0 saturated heterocycles. The van der Waals surface area contributed by atoms with Crippen molar-refractivity contribution in [1.82, 2.24) is 0 Å². The molecule has 0 nitrogen and oxygen atoms in total. The fourth-order valence-electron chi connectivity index (χ4n) is 2.72. The van der Waals surface area contributed by atoms with E-state index in [2.05, 4.69) is 86.6 Å². The lowest BCUT2D eigenvalue weighted by Gasteiger charge is -1.98. The Kier molecular flexibility index (Phi) is 3.87. The van der Waals surface area contributed by atoms with Gasteiger partial charge in [-0.05, 0) is 42.5 Å². The molecule has 0 spiro atoms. The Morgan fingerprint density at radius 2 is 0.905 bits per heavy atom. The Balaban J connectivity index is 0.000000143. The lowest BCUT2D eigenvalue weighted by molar-refractivity contribution is 1.26. The summed E-state index contributed by atoms with van der Waals surface area (Å²) in [6.45, 7) is 4.19. The third kappa shape index (κ3) is 3.05. The second-order valence-corrected chi connectivity index (χ2v) is 5.65. The largest absolute Gasteiger partial charge is 0.0619 e. The van der Waals surface area contributed by atoms with E-state index in [-0.39, 0.29) is 0 Å². The molecule has 3 aromatic rings. The Labute approximate surface area is 127 Å². The van der Waals surface area contributed by atoms with Gasteiger partial charge in [-0.1, -0.05) is 83.9 Å². The van der Waals surface area contributed by atoms with Crippen molar-refractivity contribution in [2.45, 2.75) is 20.3 Å². The highest BCUT2D eigenvalue weighted by Gasteiger charge is 2.15. The molecule has 0 heterocycles. The van der Waals surface area contributed by atoms with Gasteiger partial charge in [0.15, 0.2) is 0 Å². The first-order valence-electron chi connectivity index (χ1n) is 7.43. The van der Waals surface area contributed by atoms with E-state index in [1.165, 1.54) is 33.4 Å². The minimum absolute atomic E-state index is 1.10. The summed E-state index contributed by atoms with van der Waals surface area (Å²) in [5, 5.41) is 0. The van der Waals surface area contributed by atoms with Crippen molar-refractivity contribution in [3.63, 3.8) is 0 Å². The maximum Gasteiger partial charge on any atom is -0.00135 e. The van der Waals surface area contributed by atoms with Crippen LogP contribution in [-0.4, -0.2) is 0 Å². The summed E-state index contributed by atoms with van der Waals surface area (Å²) in [4.78, 5) is 0. The van der Waals surface area contributed by atoms with Crippen LogP contribution in [0.15, 0.2) is 72.8 Å². The molecule has 0 saturated carbocycles. The first kappa shape index (κ1) is 13.6. The van der Waals surface area contributed by atoms with Crippen LogP contribution >= 0.6 is 0 Å². The first-order chi connectivity index (χ1) is 10.2. The van der Waals surface area contributed by atoms with Gasteiger partial charge in [-0.2, -0.15) is 0 Å². The van der Waals surface area contributed by atoms with E-state index in [1.54, 1.807) is 0 Å². The van der Waals surface area contributed by atoms with Crippen molar-refractivity contribution >= 4 is 0 Å². The molecule has 0 heteroatoms. The molecule has 0 bridgehead atoms. The summed E-state index contributed by atoms with van der Waals surface area (Å²) in [6, 6.07) is 25.8. The lowest BCUT2D eigenvalue weighted by atomic mass is 10.1. The fraction of sp³-hybridized carbons (Fsp3) is 0.143. The molecule has 0 N–H and O–H groups in total. The summed E-state index contributed by atoms with van der Waals surface area (Å²) in [7, 11) is 0. The number of fused-ring (bicyclic) bond motifs is 3. The van der Waals surface area contributed by atoms with Crippen LogP contribution in [0.2, 0.25) is 0 Å². The number of aryl methyl sites for hydroxylation is 2. The zero-order valence-electron chi connectivity index (χ0n) is 12.6. The van der Waals surface area contributed by atoms with E-state index in [9.17, 15) is 0 Å². The highest BCUT2D eigenvalue weighted by Crippen LogP contribution is 2.35. The molecule has 0 aliphatic heterocycles. The van der Waals surface area contributed by atoms with E-state index in [4.69, 9.17) is 0 Å². The third-order valence-corrected chi connectivity index (χ3v) is 3.92. The van der Waals surface area contributed by atoms with Gasteiger partial charge in [0, 0.05) is 0 Å². The average molecular weight is 272 g/mol. The molecule has 4 rings (SSSR count). The first-order valence-corrected chi connectivity index (χ1v) is 7.43. The number of rotatable bonds is 0. The van der Waals surface area contributed by atoms with Crippen LogP contribution in [0.25, 0.3) is 11.1 Å². The molecular formula is C21H20. The fourth-order valence-corrected chi connectivity index (χ4v) is 2.72. The second kappa shape index (κ2) is 5.97. The van der Waals surface area contributed by atoms with Crippen molar-refractivity contribution in [2.75, 3.05) is 0 Å². The minimum atomic E-state index is 1.10. The van der Waals surface area contributed by atoms with E-state index >= 15 is 0 Å². The molecule has 0 atom stereocenters. The van der Waals surface area contributed by atoms with E-state index in [1.807, 2.05) is 0 Å². The Hall–Kier alpha value is -2.34. The molecule has 0 unspecified atom stereocenters. The van der Waals surface area contributed by atoms with E-state index < -0.39 is 0 Å². The molecule has 1 aliphatic rings. The predicted octanol–water partition coefficient (Wildman–Crippen LogP) is 5.56. The molecule has 3 aromatic carbocycles. The van der Waals surface area contributed by atoms with Gasteiger partial charge in [0.25, 0.3) is 0 Å². The van der Waals surface area contributed by atoms with Crippen molar-refractivity contribution in [3.8, 4) is 11.1 Å². The molecule has 104 valence electrons. The maximum absolute atomic E-state index is 2.22. The minimum Gasteiger partial charge on any atom is -0.0619 e. The normalized spacial score (nSPS) is 11.1. The Morgan fingerprint density at radius 1 is 0.524 bits per heavy atom. The summed E-state index contributed by atoms with van der Waals surface area (Å²) < 4.78 is 0. The van der Waals surface area contributed by atoms with Crippen LogP contribution in [0.1, 0.15) is 22.3 Å². The Bertz CT molecular complexity index is 671. The van der Waals surface area contributed by atoms with Gasteiger partial charge in [-0.15, -0.1) is 0 Å². The van der Waals surface area contributed by atoms with Gasteiger partial charge in [-0.25, -0.2) is 0 Å². The second-order valence-electron chi connectivity index (χ2n) is 5.65. The summed E-state index contributed by atoms with van der Waals surface area (Å²) >= 11 is 0. The lowest BCUT2D eigenvalue weighted by Crippen LogP contribution is -1.77. The van der Waals surface area contributed by atoms with Gasteiger partial charge in [0.2, 0.25) is 0 Å². The summed E-state index contributed by atoms with van der Waals surface area (Å²) in [5.41, 5.74) is 8.41. The van der Waals surface area contributed by atoms with Crippen molar-refractivity contribution in [2.24, 2.45) is 0 Å². The molecule has 0 fully saturated rings. The molecule has 0 radical (unpaired) electrons. The quantitative estimate of drug-likeness (QED) is 0.393. The predicted molar refractivity (Wildman–Crippen MR) is 90.6 cm³/mol. The number of hydrogen-bond donors (Lipinski definition) is 0. The zero-order chi connectivity index (χ0) is 14.7. The molecule has 0 aromatic heterocycles. The van der Waals surface area contributed by atoms with Crippen LogP contribution in [0.3, 0.4) is 0 Å². The van der Waals surface area contributed by atoms with Crippen LogP contribution in [0, 0.1) is 13.8 Å². The molecule has 21 heavy (non-hydrogen) atoms. The summed E-state index contributed by atoms with van der Waals surface area (Å²) in [5.74, 6) is 0. The maximum atomic E-state index is 2.22. The van der Waals surface area contributed by atoms with Crippen LogP contribution in [0.5, 0.6) is 0 Å². The van der Waals surface area contributed by atoms with Gasteiger partial charge >= 0.3 is 0 Å². The zero-order valence-corrected chi connectivity index (χ0v) is 12.6. The van der Waals surface area contributed by atoms with Crippen LogP contribution < -0.4 is 0 Å². The van der Waals surface area contributed by atoms with Crippen LogP contribution in [-0.2, 0) is 6.42 Å². The standard InChI is InChI=1S/C13H10.C8H10/c1-3-7-12-10(5-1)9-11-6-2-4-8-13(11)12;1-7-3-5-8(2)6-4-7/h1-8H,9H2;3-6H,1-2H3. The SMILES string of the molecule is Cc1ccc(C)cc1.c1ccc2c(c1)Cc1ccccc1-2. The number of hydrogen-bond acceptors (Lipinski definition) is 0. The van der Waals surface area contributed by atoms with Crippen molar-refractivity contribution in [3.05, 3.63) is 95.1 Å². The van der Waals surface area contributed by atoms with Crippen molar-refractivity contribution < 1.29 is 0 Å². The van der Waals surface area contributed by atoms with Gasteiger partial charge in [0.05, 0.1) is 0 Å². The van der Waals surface area contributed by atoms with Gasteiger partial charge in [-0.3, -0.25) is 0 Å². The third-order valence-electron chi connectivity index (χ3n) is 3.92. The molecule has 1 aliphatic carbocycles. The van der Waals surface area contributed by atoms with Crippen molar-refractivity contribution in [1.29, 1.82) is 0 Å². The van der Waals surface area contributed by atoms with E-state index in [0.717, 1.165) is 6.42 Å². The number of benzene rings is 3. The van der Waals surface area contributed by atoms with Gasteiger partial charge < -0.3 is 0 Å². The topological polar surface area (TPSA) is 0 Å². The highest BCUT2D eigenvalue weighted by molar-refractivity contribution is 5.76. The van der Waals surface area contributed by atoms with Crippen LogP contribution in [0.4, 0.5) is 0 Å². The average Bonchev–Trinajstić information content (AvgIpc) is 2.90. The summed E-state index contributed by atoms with van der Waals surface area (Å²) in [6.07, 6.45) is 1.10. The smallest absolute Gasteiger partial charge is 0.00135 e. The molecule has 0 amide bonds. The molecular weight excluding hydrogens is 252 g/mol.